The van der Waals surface area contributed by atoms with Gasteiger partial charge in [0.1, 0.15) is 18.3 Å². The first-order valence-corrected chi connectivity index (χ1v) is 12.0. The number of hydrazone groups is 1. The van der Waals surface area contributed by atoms with Crippen molar-refractivity contribution < 1.29 is 19.3 Å². The highest BCUT2D eigenvalue weighted by Crippen LogP contribution is 2.33. The third-order valence-electron chi connectivity index (χ3n) is 6.57. The number of fused-ring (bicyclic) bond motifs is 2. The van der Waals surface area contributed by atoms with E-state index in [0.29, 0.717) is 40.3 Å². The molecule has 2 aromatic heterocycles. The summed E-state index contributed by atoms with van der Waals surface area (Å²) in [7, 11) is 0. The molecule has 7 N–H and O–H groups in total. The second kappa shape index (κ2) is 9.61. The van der Waals surface area contributed by atoms with Gasteiger partial charge in [-0.2, -0.15) is 10.1 Å². The molecule has 2 aromatic carbocycles. The molecule has 6 rings (SSSR count). The maximum absolute atomic E-state index is 9.93. The third-order valence-corrected chi connectivity index (χ3v) is 6.85. The van der Waals surface area contributed by atoms with Crippen LogP contribution in [0.2, 0.25) is 5.02 Å². The van der Waals surface area contributed by atoms with Crippen LogP contribution in [0.4, 0.5) is 0 Å². The van der Waals surface area contributed by atoms with Gasteiger partial charge in [0.25, 0.3) is 6.01 Å². The summed E-state index contributed by atoms with van der Waals surface area (Å²) in [5, 5.41) is 14.0. The van der Waals surface area contributed by atoms with Crippen molar-refractivity contribution in [3.05, 3.63) is 65.2 Å². The third kappa shape index (κ3) is 4.37. The first kappa shape index (κ1) is 23.6. The van der Waals surface area contributed by atoms with Crippen molar-refractivity contribution in [1.29, 1.82) is 0 Å². The zero-order valence-electron chi connectivity index (χ0n) is 19.5. The van der Waals surface area contributed by atoms with Gasteiger partial charge in [0, 0.05) is 11.1 Å². The van der Waals surface area contributed by atoms with E-state index in [1.165, 1.54) is 0 Å². The Hall–Kier alpha value is -3.74. The van der Waals surface area contributed by atoms with E-state index in [2.05, 4.69) is 25.5 Å². The molecule has 2 fully saturated rings. The fourth-order valence-electron chi connectivity index (χ4n) is 4.68. The van der Waals surface area contributed by atoms with Crippen molar-refractivity contribution >= 4 is 28.6 Å². The number of hydrazine groups is 1. The van der Waals surface area contributed by atoms with E-state index in [0.717, 1.165) is 22.3 Å². The molecule has 4 heterocycles. The summed E-state index contributed by atoms with van der Waals surface area (Å²) in [6.07, 6.45) is -1.73. The fourth-order valence-corrected chi connectivity index (χ4v) is 4.94. The molecule has 37 heavy (non-hydrogen) atoms. The van der Waals surface area contributed by atoms with E-state index in [9.17, 15) is 5.11 Å². The lowest BCUT2D eigenvalue weighted by Crippen LogP contribution is -2.34. The zero-order chi connectivity index (χ0) is 25.5. The normalized spacial score (nSPS) is 23.4. The predicted molar refractivity (Wildman–Crippen MR) is 138 cm³/mol. The van der Waals surface area contributed by atoms with Gasteiger partial charge in [-0.25, -0.2) is 10.8 Å². The maximum Gasteiger partial charge on any atom is 0.296 e. The number of benzene rings is 2. The highest BCUT2D eigenvalue weighted by Gasteiger charge is 2.48. The van der Waals surface area contributed by atoms with Gasteiger partial charge < -0.3 is 35.6 Å². The van der Waals surface area contributed by atoms with Gasteiger partial charge in [-0.05, 0) is 17.2 Å². The van der Waals surface area contributed by atoms with Gasteiger partial charge in [0.15, 0.2) is 17.6 Å². The molecule has 0 radical (unpaired) electrons. The number of ether oxygens (including phenoxy) is 3. The molecule has 190 valence electrons. The smallest absolute Gasteiger partial charge is 0.296 e. The Kier molecular flexibility index (Phi) is 6.14. The molecule has 4 aromatic rings. The molecular formula is C25H24ClN7O4. The summed E-state index contributed by atoms with van der Waals surface area (Å²) in [6.45, 7) is 0.541. The average molecular weight is 522 g/mol. The lowest BCUT2D eigenvalue weighted by Gasteiger charge is -2.15. The Balaban J connectivity index is 1.21. The number of hydrogen-bond acceptors (Lipinski definition) is 9. The Morgan fingerprint density at radius 3 is 2.41 bits per heavy atom. The lowest BCUT2D eigenvalue weighted by molar-refractivity contribution is 0.00706. The predicted octanol–water partition coefficient (Wildman–Crippen LogP) is 1.93. The molecule has 0 saturated carbocycles. The number of aliphatic hydroxyl groups excluding tert-OH is 1. The molecule has 12 heteroatoms. The number of aliphatic hydroxyl groups is 1. The first-order valence-electron chi connectivity index (χ1n) is 11.6. The quantitative estimate of drug-likeness (QED) is 0.114. The summed E-state index contributed by atoms with van der Waals surface area (Å²) in [5.74, 6) is 11.2. The van der Waals surface area contributed by atoms with Gasteiger partial charge in [0.05, 0.1) is 29.4 Å². The number of pyridine rings is 1. The number of nitrogens with two attached hydrogens (primary N) is 2. The Morgan fingerprint density at radius 1 is 1.03 bits per heavy atom. The second-order valence-electron chi connectivity index (χ2n) is 8.83. The fraction of sp³-hybridized carbons (Fsp3) is 0.240. The highest BCUT2D eigenvalue weighted by molar-refractivity contribution is 6.33. The van der Waals surface area contributed by atoms with Gasteiger partial charge in [-0.1, -0.05) is 60.1 Å². The summed E-state index contributed by atoms with van der Waals surface area (Å²) >= 11 is 6.58. The molecule has 2 saturated heterocycles. The number of nitrogens with zero attached hydrogens (tertiary/aromatic N) is 3. The zero-order valence-corrected chi connectivity index (χ0v) is 20.2. The van der Waals surface area contributed by atoms with Crippen molar-refractivity contribution in [1.82, 2.24) is 20.4 Å². The van der Waals surface area contributed by atoms with Crippen LogP contribution in [0.15, 0.2) is 59.7 Å². The molecular weight excluding hydrogens is 498 g/mol. The number of aromatic amines is 1. The van der Waals surface area contributed by atoms with Crippen LogP contribution >= 0.6 is 11.6 Å². The number of rotatable bonds is 5. The number of H-pyrrole nitrogens is 1. The minimum atomic E-state index is -0.644. The minimum absolute atomic E-state index is 0.232. The molecule has 2 aliphatic heterocycles. The van der Waals surface area contributed by atoms with Crippen LogP contribution in [0.25, 0.3) is 33.5 Å². The number of amidine groups is 1. The van der Waals surface area contributed by atoms with Gasteiger partial charge in [-0.15, -0.1) is 0 Å². The van der Waals surface area contributed by atoms with E-state index in [-0.39, 0.29) is 24.9 Å². The van der Waals surface area contributed by atoms with Crippen molar-refractivity contribution in [2.75, 3.05) is 13.2 Å². The van der Waals surface area contributed by atoms with Crippen LogP contribution in [0, 0.1) is 0 Å². The number of hydrogen-bond donors (Lipinski definition) is 5. The van der Waals surface area contributed by atoms with Crippen LogP contribution in [0.1, 0.15) is 5.56 Å². The van der Waals surface area contributed by atoms with Gasteiger partial charge >= 0.3 is 0 Å². The van der Waals surface area contributed by atoms with E-state index >= 15 is 0 Å². The number of nitrogens with one attached hydrogen (secondary N) is 2. The standard InChI is InChI=1S/C25H24ClN7O4/c26-16-9-17-24(31-25(29-17)37-19-11-36-21-18(34)10-35-22(19)21)30-20(16)14-5-1-12(2-6-14)13-3-7-15(8-4-13)23(32-27)33-28/h1-9,18-19,21-22,34H,10-11,27-28H2,(H,32,33)(H,29,30,31)/t18-,19-,21-,22-/m1/s1. The number of aromatic nitrogens is 3. The molecule has 0 unspecified atom stereocenters. The highest BCUT2D eigenvalue weighted by atomic mass is 35.5. The molecule has 4 atom stereocenters. The SMILES string of the molecule is N/N=C(\NN)c1ccc(-c2ccc(-c3nc4nc(O[C@@H]5CO[C@H]6[C@@H]5OC[C@H]6O)[nH]c4cc3Cl)cc2)cc1. The molecule has 2 aliphatic rings. The molecule has 0 aliphatic carbocycles. The molecule has 0 bridgehead atoms. The minimum Gasteiger partial charge on any atom is -0.456 e. The van der Waals surface area contributed by atoms with E-state index in [1.807, 2.05) is 48.5 Å². The lowest BCUT2D eigenvalue weighted by atomic mass is 10.0. The Morgan fingerprint density at radius 2 is 1.70 bits per heavy atom. The summed E-state index contributed by atoms with van der Waals surface area (Å²) < 4.78 is 17.2. The Bertz CT molecular complexity index is 1460. The molecule has 11 nitrogen and oxygen atoms in total. The van der Waals surface area contributed by atoms with Crippen LogP contribution in [-0.4, -0.2) is 63.5 Å². The number of halogens is 1. The van der Waals surface area contributed by atoms with Crippen molar-refractivity contribution in [2.24, 2.45) is 16.8 Å². The topological polar surface area (TPSA) is 166 Å². The molecule has 0 spiro atoms. The van der Waals surface area contributed by atoms with Crippen LogP contribution < -0.4 is 21.8 Å². The summed E-state index contributed by atoms with van der Waals surface area (Å²) in [5.41, 5.74) is 7.87. The van der Waals surface area contributed by atoms with Gasteiger partial charge in [-0.3, -0.25) is 0 Å². The van der Waals surface area contributed by atoms with Crippen LogP contribution in [0.5, 0.6) is 6.01 Å². The van der Waals surface area contributed by atoms with E-state index in [4.69, 9.17) is 37.5 Å². The summed E-state index contributed by atoms with van der Waals surface area (Å²) in [6, 6.07) is 17.7. The Labute approximate surface area is 216 Å². The molecule has 0 amide bonds. The van der Waals surface area contributed by atoms with Crippen molar-refractivity contribution in [3.8, 4) is 28.4 Å². The average Bonchev–Trinajstić information content (AvgIpc) is 3.61. The monoisotopic (exact) mass is 521 g/mol. The number of imidazole rings is 1. The van der Waals surface area contributed by atoms with Crippen LogP contribution in [0.3, 0.4) is 0 Å². The largest absolute Gasteiger partial charge is 0.456 e. The van der Waals surface area contributed by atoms with Gasteiger partial charge in [0.2, 0.25) is 0 Å². The van der Waals surface area contributed by atoms with E-state index < -0.39 is 6.10 Å². The maximum atomic E-state index is 9.93. The first-order chi connectivity index (χ1) is 18.0. The van der Waals surface area contributed by atoms with Crippen LogP contribution in [-0.2, 0) is 9.47 Å². The second-order valence-corrected chi connectivity index (χ2v) is 9.24. The van der Waals surface area contributed by atoms with Crippen molar-refractivity contribution in [3.63, 3.8) is 0 Å². The van der Waals surface area contributed by atoms with Crippen molar-refractivity contribution in [2.45, 2.75) is 24.4 Å². The van der Waals surface area contributed by atoms with E-state index in [1.54, 1.807) is 6.07 Å². The summed E-state index contributed by atoms with van der Waals surface area (Å²) in [4.78, 5) is 12.3.